The number of ether oxygens (including phenoxy) is 1. The lowest BCUT2D eigenvalue weighted by Crippen LogP contribution is -2.50. The van der Waals surface area contributed by atoms with Crippen LogP contribution in [0.4, 0.5) is 5.69 Å². The molecule has 142 valence electrons. The number of aromatic nitrogens is 4. The van der Waals surface area contributed by atoms with E-state index in [9.17, 15) is 9.59 Å². The molecule has 1 aliphatic heterocycles. The zero-order valence-electron chi connectivity index (χ0n) is 15.1. The van der Waals surface area contributed by atoms with Crippen LogP contribution in [0.15, 0.2) is 48.5 Å². The molecule has 1 atom stereocenters. The van der Waals surface area contributed by atoms with E-state index in [1.807, 2.05) is 31.2 Å². The van der Waals surface area contributed by atoms with Crippen LogP contribution in [0.3, 0.4) is 0 Å². The Balaban J connectivity index is 1.57. The van der Waals surface area contributed by atoms with Crippen molar-refractivity contribution in [1.82, 2.24) is 20.2 Å². The predicted octanol–water partition coefficient (Wildman–Crippen LogP) is 0.928. The third-order valence-corrected chi connectivity index (χ3v) is 4.51. The third-order valence-electron chi connectivity index (χ3n) is 4.51. The molecule has 0 aliphatic carbocycles. The summed E-state index contributed by atoms with van der Waals surface area (Å²) >= 11 is 0. The summed E-state index contributed by atoms with van der Waals surface area (Å²) in [6, 6.07) is 14.7. The van der Waals surface area contributed by atoms with Gasteiger partial charge in [0.1, 0.15) is 12.3 Å². The Bertz CT molecular complexity index is 1050. The second kappa shape index (κ2) is 7.10. The van der Waals surface area contributed by atoms with Gasteiger partial charge in [0.2, 0.25) is 5.82 Å². The molecule has 1 aliphatic rings. The van der Waals surface area contributed by atoms with Gasteiger partial charge < -0.3 is 15.4 Å². The van der Waals surface area contributed by atoms with Crippen LogP contribution in [0.1, 0.15) is 5.56 Å². The number of anilines is 1. The van der Waals surface area contributed by atoms with Crippen LogP contribution >= 0.6 is 0 Å². The van der Waals surface area contributed by atoms with E-state index in [0.29, 0.717) is 17.3 Å². The smallest absolute Gasteiger partial charge is 0.260 e. The van der Waals surface area contributed by atoms with Gasteiger partial charge in [0.15, 0.2) is 6.10 Å². The number of tetrazole rings is 1. The van der Waals surface area contributed by atoms with E-state index in [2.05, 4.69) is 15.4 Å². The molecule has 9 heteroatoms. The van der Waals surface area contributed by atoms with E-state index >= 15 is 0 Å². The van der Waals surface area contributed by atoms with Crippen molar-refractivity contribution < 1.29 is 14.3 Å². The summed E-state index contributed by atoms with van der Waals surface area (Å²) in [6.45, 7) is 1.86. The van der Waals surface area contributed by atoms with Crippen molar-refractivity contribution in [2.75, 3.05) is 11.4 Å². The van der Waals surface area contributed by atoms with E-state index in [1.54, 1.807) is 24.3 Å². The van der Waals surface area contributed by atoms with Gasteiger partial charge in [-0.1, -0.05) is 36.4 Å². The van der Waals surface area contributed by atoms with Crippen molar-refractivity contribution >= 4 is 17.5 Å². The van der Waals surface area contributed by atoms with Gasteiger partial charge in [-0.25, -0.2) is 0 Å². The first-order valence-corrected chi connectivity index (χ1v) is 8.72. The second-order valence-corrected chi connectivity index (χ2v) is 6.44. The first-order valence-electron chi connectivity index (χ1n) is 8.72. The number of rotatable bonds is 4. The summed E-state index contributed by atoms with van der Waals surface area (Å²) in [5.41, 5.74) is 7.82. The maximum atomic E-state index is 12.9. The maximum Gasteiger partial charge on any atom is 0.260 e. The first kappa shape index (κ1) is 17.7. The third kappa shape index (κ3) is 3.29. The number of carbonyl (C=O) groups excluding carboxylic acids is 2. The zero-order valence-corrected chi connectivity index (χ0v) is 15.1. The molecule has 0 saturated heterocycles. The molecule has 0 bridgehead atoms. The molecule has 4 rings (SSSR count). The van der Waals surface area contributed by atoms with E-state index in [4.69, 9.17) is 10.5 Å². The molecule has 2 aromatic carbocycles. The molecule has 2 N–H and O–H groups in total. The van der Waals surface area contributed by atoms with Gasteiger partial charge in [0, 0.05) is 5.56 Å². The highest BCUT2D eigenvalue weighted by atomic mass is 16.5. The fourth-order valence-electron chi connectivity index (χ4n) is 3.07. The highest BCUT2D eigenvalue weighted by molar-refractivity contribution is 5.96. The summed E-state index contributed by atoms with van der Waals surface area (Å²) in [6.07, 6.45) is -0.912. The van der Waals surface area contributed by atoms with E-state index in [0.717, 1.165) is 11.1 Å². The Kier molecular flexibility index (Phi) is 4.48. The van der Waals surface area contributed by atoms with Gasteiger partial charge in [0.25, 0.3) is 11.8 Å². The highest BCUT2D eigenvalue weighted by Gasteiger charge is 2.32. The number of benzene rings is 2. The van der Waals surface area contributed by atoms with Crippen molar-refractivity contribution in [3.05, 3.63) is 54.1 Å². The SMILES string of the molecule is Cc1ccccc1-c1nnn(CC(=O)N2C[C@@H](C(N)=O)Oc3ccccc32)n1. The molecule has 0 fully saturated rings. The van der Waals surface area contributed by atoms with Crippen LogP contribution < -0.4 is 15.4 Å². The molecule has 3 aromatic rings. The average molecular weight is 378 g/mol. The molecule has 0 radical (unpaired) electrons. The van der Waals surface area contributed by atoms with Crippen LogP contribution in [-0.4, -0.2) is 44.7 Å². The Morgan fingerprint density at radius 3 is 2.71 bits per heavy atom. The normalized spacial score (nSPS) is 15.6. The average Bonchev–Trinajstić information content (AvgIpc) is 3.15. The van der Waals surface area contributed by atoms with E-state index < -0.39 is 12.0 Å². The van der Waals surface area contributed by atoms with E-state index in [-0.39, 0.29) is 19.0 Å². The summed E-state index contributed by atoms with van der Waals surface area (Å²) in [7, 11) is 0. The van der Waals surface area contributed by atoms with Crippen LogP contribution in [0.25, 0.3) is 11.4 Å². The van der Waals surface area contributed by atoms with Gasteiger partial charge >= 0.3 is 0 Å². The molecule has 2 heterocycles. The van der Waals surface area contributed by atoms with Crippen molar-refractivity contribution in [3.63, 3.8) is 0 Å². The minimum absolute atomic E-state index is 0.0323. The summed E-state index contributed by atoms with van der Waals surface area (Å²) in [5, 5.41) is 12.3. The first-order chi connectivity index (χ1) is 13.5. The lowest BCUT2D eigenvalue weighted by atomic mass is 10.1. The Hall–Kier alpha value is -3.75. The number of nitrogens with two attached hydrogens (primary N) is 1. The Morgan fingerprint density at radius 1 is 1.18 bits per heavy atom. The van der Waals surface area contributed by atoms with Gasteiger partial charge in [-0.2, -0.15) is 4.80 Å². The van der Waals surface area contributed by atoms with Crippen molar-refractivity contribution in [1.29, 1.82) is 0 Å². The molecule has 0 saturated carbocycles. The number of aryl methyl sites for hydroxylation is 1. The fourth-order valence-corrected chi connectivity index (χ4v) is 3.07. The van der Waals surface area contributed by atoms with Crippen molar-refractivity contribution in [3.8, 4) is 17.1 Å². The molecule has 1 aromatic heterocycles. The Labute approximate surface area is 160 Å². The number of hydrogen-bond acceptors (Lipinski definition) is 6. The number of para-hydroxylation sites is 2. The topological polar surface area (TPSA) is 116 Å². The van der Waals surface area contributed by atoms with Crippen LogP contribution in [-0.2, 0) is 16.1 Å². The molecule has 0 spiro atoms. The van der Waals surface area contributed by atoms with E-state index in [1.165, 1.54) is 9.70 Å². The molecule has 2 amide bonds. The van der Waals surface area contributed by atoms with Gasteiger partial charge in [-0.05, 0) is 29.8 Å². The molecule has 28 heavy (non-hydrogen) atoms. The lowest BCUT2D eigenvalue weighted by molar-refractivity contribution is -0.125. The molecular formula is C19H18N6O3. The molecule has 9 nitrogen and oxygen atoms in total. The van der Waals surface area contributed by atoms with Crippen LogP contribution in [0, 0.1) is 6.92 Å². The number of carbonyl (C=O) groups is 2. The largest absolute Gasteiger partial charge is 0.477 e. The second-order valence-electron chi connectivity index (χ2n) is 6.44. The molecule has 0 unspecified atom stereocenters. The number of primary amides is 1. The minimum atomic E-state index is -0.912. The quantitative estimate of drug-likeness (QED) is 0.722. The highest BCUT2D eigenvalue weighted by Crippen LogP contribution is 2.33. The standard InChI is InChI=1S/C19H18N6O3/c1-12-6-2-3-7-13(12)19-21-23-25(22-19)11-17(26)24-10-16(18(20)27)28-15-9-5-4-8-14(15)24/h2-9,16H,10-11H2,1H3,(H2,20,27)/t16-/m0/s1. The number of nitrogens with zero attached hydrogens (tertiary/aromatic N) is 5. The monoisotopic (exact) mass is 378 g/mol. The fraction of sp³-hybridized carbons (Fsp3) is 0.211. The summed E-state index contributed by atoms with van der Waals surface area (Å²) in [4.78, 5) is 27.2. The van der Waals surface area contributed by atoms with Gasteiger partial charge in [-0.3, -0.25) is 9.59 Å². The molecular weight excluding hydrogens is 360 g/mol. The zero-order chi connectivity index (χ0) is 19.7. The van der Waals surface area contributed by atoms with Gasteiger partial charge in [0.05, 0.1) is 12.2 Å². The van der Waals surface area contributed by atoms with Crippen LogP contribution in [0.5, 0.6) is 5.75 Å². The van der Waals surface area contributed by atoms with Crippen molar-refractivity contribution in [2.24, 2.45) is 5.73 Å². The van der Waals surface area contributed by atoms with Gasteiger partial charge in [-0.15, -0.1) is 10.2 Å². The lowest BCUT2D eigenvalue weighted by Gasteiger charge is -2.33. The number of hydrogen-bond donors (Lipinski definition) is 1. The number of amides is 2. The predicted molar refractivity (Wildman–Crippen MR) is 100 cm³/mol. The van der Waals surface area contributed by atoms with Crippen molar-refractivity contribution in [2.45, 2.75) is 19.6 Å². The number of fused-ring (bicyclic) bond motifs is 1. The summed E-state index contributed by atoms with van der Waals surface area (Å²) < 4.78 is 5.58. The maximum absolute atomic E-state index is 12.9. The summed E-state index contributed by atoms with van der Waals surface area (Å²) in [5.74, 6) is -0.0508. The van der Waals surface area contributed by atoms with Crippen LogP contribution in [0.2, 0.25) is 0 Å². The Morgan fingerprint density at radius 2 is 1.93 bits per heavy atom. The minimum Gasteiger partial charge on any atom is -0.477 e.